The van der Waals surface area contributed by atoms with Gasteiger partial charge in [-0.1, -0.05) is 42.4 Å². The molecule has 12 heavy (non-hydrogen) atoms. The van der Waals surface area contributed by atoms with E-state index in [4.69, 9.17) is 8.22 Å². The third-order valence-corrected chi connectivity index (χ3v) is 1.33. The van der Waals surface area contributed by atoms with Crippen LogP contribution in [0.4, 0.5) is 0 Å². The molecule has 1 rings (SSSR count). The highest BCUT2D eigenvalue weighted by molar-refractivity contribution is 5.35. The third kappa shape index (κ3) is 2.51. The molecule has 0 radical (unpaired) electrons. The molecule has 0 saturated heterocycles. The van der Waals surface area contributed by atoms with Crippen LogP contribution >= 0.6 is 0 Å². The van der Waals surface area contributed by atoms with Crippen molar-refractivity contribution in [3.63, 3.8) is 0 Å². The van der Waals surface area contributed by atoms with Gasteiger partial charge in [0.25, 0.3) is 0 Å². The summed E-state index contributed by atoms with van der Waals surface area (Å²) in [5.41, 5.74) is -1.48. The standard InChI is InChI=1S/C11H14O/c1-11(2,12)10-8-6-4-3-5-7-9-10/h3-9,12H,1-2H3/b4-3-,5-3?,6-4?,7-5-,8-6-,9-7?,10-8?,10-9+/i3D,4D,5D,6D,7D,8D/b4-3?,5-3-,6-4-,7-5?,8-6?,9-7-,10-8+,10-9?. The van der Waals surface area contributed by atoms with Crippen LogP contribution in [0.25, 0.3) is 0 Å². The molecule has 0 fully saturated rings. The van der Waals surface area contributed by atoms with E-state index in [0.717, 1.165) is 6.08 Å². The molecule has 0 amide bonds. The first-order chi connectivity index (χ1) is 8.07. The van der Waals surface area contributed by atoms with Gasteiger partial charge in [-0.05, 0) is 19.4 Å². The Kier molecular flexibility index (Phi) is 1.11. The van der Waals surface area contributed by atoms with E-state index < -0.39 is 35.9 Å². The largest absolute Gasteiger partial charge is 0.386 e. The van der Waals surface area contributed by atoms with Crippen molar-refractivity contribution < 1.29 is 13.3 Å². The normalized spacial score (nSPS) is 51.4. The van der Waals surface area contributed by atoms with Gasteiger partial charge in [0, 0.05) is 0 Å². The van der Waals surface area contributed by atoms with Crippen LogP contribution in [0.3, 0.4) is 0 Å². The van der Waals surface area contributed by atoms with Gasteiger partial charge in [0.2, 0.25) is 0 Å². The van der Waals surface area contributed by atoms with Gasteiger partial charge in [0.1, 0.15) is 0 Å². The predicted octanol–water partition coefficient (Wildman–Crippen LogP) is 2.37. The van der Waals surface area contributed by atoms with Crippen LogP contribution in [0, 0.1) is 0 Å². The van der Waals surface area contributed by atoms with E-state index in [0.29, 0.717) is 0 Å². The van der Waals surface area contributed by atoms with Gasteiger partial charge < -0.3 is 5.11 Å². The Labute approximate surface area is 81.8 Å². The van der Waals surface area contributed by atoms with Crippen LogP contribution in [-0.2, 0) is 0 Å². The average Bonchev–Trinajstić information content (AvgIpc) is 2.28. The lowest BCUT2D eigenvalue weighted by Gasteiger charge is -2.18. The molecule has 0 aromatic carbocycles. The third-order valence-electron chi connectivity index (χ3n) is 1.33. The Morgan fingerprint density at radius 2 is 1.75 bits per heavy atom. The van der Waals surface area contributed by atoms with E-state index in [1.807, 2.05) is 0 Å². The molecule has 1 aliphatic carbocycles. The minimum Gasteiger partial charge on any atom is -0.386 e. The number of aliphatic hydroxyl groups is 1. The molecule has 0 saturated carbocycles. The van der Waals surface area contributed by atoms with Crippen LogP contribution in [0.2, 0.25) is 0 Å². The average molecular weight is 168 g/mol. The highest BCUT2D eigenvalue weighted by atomic mass is 16.3. The topological polar surface area (TPSA) is 20.2 Å². The Morgan fingerprint density at radius 1 is 1.17 bits per heavy atom. The summed E-state index contributed by atoms with van der Waals surface area (Å²) in [6, 6.07) is -2.97. The summed E-state index contributed by atoms with van der Waals surface area (Å²) in [7, 11) is 0. The minimum absolute atomic E-state index is 0.0144. The molecule has 0 heterocycles. The maximum Gasteiger partial charge on any atom is 0.0840 e. The van der Waals surface area contributed by atoms with Gasteiger partial charge in [-0.15, -0.1) is 0 Å². The second-order valence-corrected chi connectivity index (χ2v) is 2.89. The second-order valence-electron chi connectivity index (χ2n) is 2.89. The number of hydrogen-bond acceptors (Lipinski definition) is 1. The van der Waals surface area contributed by atoms with E-state index in [9.17, 15) is 5.11 Å². The SMILES string of the molecule is [2H]C1=C/C(C(C)(C)O)=C([2H])\C([2H])=C([2H])/C([2H])=C\1[2H]. The van der Waals surface area contributed by atoms with Gasteiger partial charge in [0.15, 0.2) is 0 Å². The van der Waals surface area contributed by atoms with Gasteiger partial charge in [0.05, 0.1) is 13.8 Å². The van der Waals surface area contributed by atoms with E-state index in [-0.39, 0.29) is 11.6 Å². The van der Waals surface area contributed by atoms with Gasteiger partial charge in [-0.2, -0.15) is 0 Å². The van der Waals surface area contributed by atoms with Gasteiger partial charge in [-0.3, -0.25) is 0 Å². The molecule has 64 valence electrons. The summed E-state index contributed by atoms with van der Waals surface area (Å²) < 4.78 is 45.6. The van der Waals surface area contributed by atoms with Crippen molar-refractivity contribution in [2.75, 3.05) is 0 Å². The molecule has 1 aliphatic rings. The lowest BCUT2D eigenvalue weighted by Crippen LogP contribution is -2.20. The summed E-state index contributed by atoms with van der Waals surface area (Å²) in [5.74, 6) is 0. The van der Waals surface area contributed by atoms with Gasteiger partial charge >= 0.3 is 0 Å². The molecule has 0 aromatic heterocycles. The molecular weight excluding hydrogens is 148 g/mol. The minimum atomic E-state index is -1.46. The molecule has 1 nitrogen and oxygen atoms in total. The van der Waals surface area contributed by atoms with Crippen LogP contribution in [0.1, 0.15) is 22.1 Å². The molecule has 0 unspecified atom stereocenters. The van der Waals surface area contributed by atoms with E-state index in [2.05, 4.69) is 0 Å². The monoisotopic (exact) mass is 168 g/mol. The zero-order chi connectivity index (χ0) is 14.2. The number of rotatable bonds is 1. The summed E-state index contributed by atoms with van der Waals surface area (Å²) in [6.07, 6.45) is 1.10. The van der Waals surface area contributed by atoms with Gasteiger partial charge in [-0.25, -0.2) is 0 Å². The fraction of sp³-hybridized carbons (Fsp3) is 0.273. The molecule has 0 aromatic rings. The molecule has 1 heteroatoms. The summed E-state index contributed by atoms with van der Waals surface area (Å²) in [6.45, 7) is 2.79. The highest BCUT2D eigenvalue weighted by Gasteiger charge is 2.15. The zero-order valence-electron chi connectivity index (χ0n) is 13.0. The van der Waals surface area contributed by atoms with Crippen molar-refractivity contribution in [2.24, 2.45) is 0 Å². The van der Waals surface area contributed by atoms with E-state index >= 15 is 0 Å². The van der Waals surface area contributed by atoms with Crippen LogP contribution in [0.15, 0.2) is 48.0 Å². The first kappa shape index (κ1) is 3.75. The molecule has 0 atom stereocenters. The first-order valence-corrected chi connectivity index (χ1v) is 3.55. The van der Waals surface area contributed by atoms with Crippen molar-refractivity contribution in [1.82, 2.24) is 0 Å². The maximum absolute atomic E-state index is 9.91. The van der Waals surface area contributed by atoms with Crippen molar-refractivity contribution >= 4 is 0 Å². The van der Waals surface area contributed by atoms with Crippen LogP contribution in [-0.4, -0.2) is 10.7 Å². The second kappa shape index (κ2) is 3.55. The van der Waals surface area contributed by atoms with Crippen molar-refractivity contribution in [3.05, 3.63) is 48.0 Å². The van der Waals surface area contributed by atoms with Crippen LogP contribution < -0.4 is 0 Å². The zero-order valence-corrected chi connectivity index (χ0v) is 7.02. The lowest BCUT2D eigenvalue weighted by atomic mass is 9.96. The molecular formula is C11H14O. The Hall–Kier alpha value is -1.08. The van der Waals surface area contributed by atoms with E-state index in [1.165, 1.54) is 13.8 Å². The highest BCUT2D eigenvalue weighted by Crippen LogP contribution is 2.17. The lowest BCUT2D eigenvalue weighted by molar-refractivity contribution is 0.124. The summed E-state index contributed by atoms with van der Waals surface area (Å²) >= 11 is 0. The first-order valence-electron chi connectivity index (χ1n) is 6.55. The summed E-state index contributed by atoms with van der Waals surface area (Å²) in [4.78, 5) is 0. The van der Waals surface area contributed by atoms with Crippen LogP contribution in [0.5, 0.6) is 0 Å². The smallest absolute Gasteiger partial charge is 0.0840 e. The molecule has 1 N–H and O–H groups in total. The van der Waals surface area contributed by atoms with Crippen molar-refractivity contribution in [2.45, 2.75) is 19.4 Å². The Bertz CT molecular complexity index is 504. The summed E-state index contributed by atoms with van der Waals surface area (Å²) in [5, 5.41) is 9.91. The fourth-order valence-electron chi connectivity index (χ4n) is 0.671. The predicted molar refractivity (Wildman–Crippen MR) is 51.8 cm³/mol. The van der Waals surface area contributed by atoms with Crippen molar-refractivity contribution in [3.8, 4) is 0 Å². The molecule has 0 aliphatic heterocycles. The fourth-order valence-corrected chi connectivity index (χ4v) is 0.671. The quantitative estimate of drug-likeness (QED) is 0.637. The van der Waals surface area contributed by atoms with Crippen molar-refractivity contribution in [1.29, 1.82) is 0 Å². The molecule has 0 spiro atoms. The molecule has 0 bridgehead atoms. The Morgan fingerprint density at radius 3 is 2.42 bits per heavy atom. The van der Waals surface area contributed by atoms with E-state index in [1.54, 1.807) is 0 Å². The number of hydrogen-bond donors (Lipinski definition) is 1. The maximum atomic E-state index is 9.91. The Balaban J connectivity index is 3.66. The number of allylic oxidation sites excluding steroid dienone is 6.